The van der Waals surface area contributed by atoms with Crippen LogP contribution in [-0.4, -0.2) is 22.8 Å². The number of benzene rings is 1. The third-order valence-corrected chi connectivity index (χ3v) is 3.49. The molecule has 0 bridgehead atoms. The van der Waals surface area contributed by atoms with Gasteiger partial charge in [0.25, 0.3) is 5.91 Å². The number of amides is 2. The Bertz CT molecular complexity index is 688. The van der Waals surface area contributed by atoms with Gasteiger partial charge < -0.3 is 0 Å². The van der Waals surface area contributed by atoms with Crippen molar-refractivity contribution in [2.24, 2.45) is 0 Å². The lowest BCUT2D eigenvalue weighted by Gasteiger charge is -2.15. The Balaban J connectivity index is 1.70. The van der Waals surface area contributed by atoms with Crippen molar-refractivity contribution < 1.29 is 14.0 Å². The number of carbonyl (C=O) groups excluding carboxylic acids is 2. The van der Waals surface area contributed by atoms with Crippen LogP contribution in [0.5, 0.6) is 0 Å². The molecule has 1 fully saturated rings. The van der Waals surface area contributed by atoms with Crippen LogP contribution >= 0.6 is 0 Å². The second-order valence-corrected chi connectivity index (χ2v) is 5.00. The predicted molar refractivity (Wildman–Crippen MR) is 78.4 cm³/mol. The van der Waals surface area contributed by atoms with E-state index in [4.69, 9.17) is 0 Å². The zero-order valence-electron chi connectivity index (χ0n) is 11.7. The highest BCUT2D eigenvalue weighted by molar-refractivity contribution is 6.22. The standard InChI is InChI=1S/C16H14FN3O2/c17-11-4-6-13(7-5-11)20-15(21)9-14(16(20)22)19-10-12-3-1-2-8-18-12/h1-8,14,19H,9-10H2/t14-/m1/s1. The number of pyridine rings is 1. The van der Waals surface area contributed by atoms with Crippen molar-refractivity contribution in [1.29, 1.82) is 0 Å². The van der Waals surface area contributed by atoms with E-state index in [-0.39, 0.29) is 18.2 Å². The van der Waals surface area contributed by atoms with Crippen LogP contribution in [-0.2, 0) is 16.1 Å². The zero-order chi connectivity index (χ0) is 15.5. The molecule has 0 aliphatic carbocycles. The van der Waals surface area contributed by atoms with Crippen LogP contribution in [0.25, 0.3) is 0 Å². The van der Waals surface area contributed by atoms with E-state index >= 15 is 0 Å². The molecule has 1 atom stereocenters. The molecule has 0 radical (unpaired) electrons. The van der Waals surface area contributed by atoms with E-state index in [9.17, 15) is 14.0 Å². The van der Waals surface area contributed by atoms with Crippen molar-refractivity contribution in [3.05, 3.63) is 60.2 Å². The largest absolute Gasteiger partial charge is 0.300 e. The summed E-state index contributed by atoms with van der Waals surface area (Å²) >= 11 is 0. The molecule has 5 nitrogen and oxygen atoms in total. The molecule has 3 rings (SSSR count). The van der Waals surface area contributed by atoms with Gasteiger partial charge in [-0.05, 0) is 36.4 Å². The first kappa shape index (κ1) is 14.3. The lowest BCUT2D eigenvalue weighted by Crippen LogP contribution is -2.38. The van der Waals surface area contributed by atoms with Crippen molar-refractivity contribution in [3.8, 4) is 0 Å². The minimum atomic E-state index is -0.584. The summed E-state index contributed by atoms with van der Waals surface area (Å²) in [6.07, 6.45) is 1.76. The van der Waals surface area contributed by atoms with Crippen LogP contribution in [0.15, 0.2) is 48.7 Å². The van der Waals surface area contributed by atoms with Crippen molar-refractivity contribution in [1.82, 2.24) is 10.3 Å². The zero-order valence-corrected chi connectivity index (χ0v) is 11.7. The fraction of sp³-hybridized carbons (Fsp3) is 0.188. The number of anilines is 1. The van der Waals surface area contributed by atoms with Crippen LogP contribution < -0.4 is 10.2 Å². The number of nitrogens with one attached hydrogen (secondary N) is 1. The number of aromatic nitrogens is 1. The first-order valence-electron chi connectivity index (χ1n) is 6.91. The average Bonchev–Trinajstić information content (AvgIpc) is 2.82. The summed E-state index contributed by atoms with van der Waals surface area (Å²) in [5.74, 6) is -1.03. The van der Waals surface area contributed by atoms with E-state index in [0.29, 0.717) is 12.2 Å². The van der Waals surface area contributed by atoms with Crippen LogP contribution in [0.2, 0.25) is 0 Å². The maximum atomic E-state index is 12.9. The Morgan fingerprint density at radius 1 is 1.18 bits per heavy atom. The SMILES string of the molecule is O=C1C[C@@H](NCc2ccccn2)C(=O)N1c1ccc(F)cc1. The summed E-state index contributed by atoms with van der Waals surface area (Å²) in [5, 5.41) is 3.04. The Morgan fingerprint density at radius 3 is 2.64 bits per heavy atom. The van der Waals surface area contributed by atoms with Gasteiger partial charge in [-0.15, -0.1) is 0 Å². The second-order valence-electron chi connectivity index (χ2n) is 5.00. The summed E-state index contributed by atoms with van der Waals surface area (Å²) in [4.78, 5) is 29.6. The maximum Gasteiger partial charge on any atom is 0.251 e. The second kappa shape index (κ2) is 6.03. The van der Waals surface area contributed by atoms with E-state index in [2.05, 4.69) is 10.3 Å². The highest BCUT2D eigenvalue weighted by Gasteiger charge is 2.39. The highest BCUT2D eigenvalue weighted by atomic mass is 19.1. The number of halogens is 1. The summed E-state index contributed by atoms with van der Waals surface area (Å²) in [5.41, 5.74) is 1.18. The smallest absolute Gasteiger partial charge is 0.251 e. The molecule has 1 aromatic heterocycles. The van der Waals surface area contributed by atoms with Gasteiger partial charge in [0.2, 0.25) is 5.91 Å². The van der Waals surface area contributed by atoms with Gasteiger partial charge in [0.05, 0.1) is 23.8 Å². The molecule has 0 saturated carbocycles. The van der Waals surface area contributed by atoms with Crippen molar-refractivity contribution in [3.63, 3.8) is 0 Å². The molecule has 112 valence electrons. The number of rotatable bonds is 4. The average molecular weight is 299 g/mol. The van der Waals surface area contributed by atoms with Gasteiger partial charge in [-0.25, -0.2) is 9.29 Å². The van der Waals surface area contributed by atoms with Gasteiger partial charge in [0, 0.05) is 12.7 Å². The molecule has 2 aromatic rings. The van der Waals surface area contributed by atoms with Crippen molar-refractivity contribution in [2.45, 2.75) is 19.0 Å². The highest BCUT2D eigenvalue weighted by Crippen LogP contribution is 2.23. The molecule has 2 heterocycles. The quantitative estimate of drug-likeness (QED) is 0.872. The van der Waals surface area contributed by atoms with E-state index in [0.717, 1.165) is 10.6 Å². The molecule has 22 heavy (non-hydrogen) atoms. The van der Waals surface area contributed by atoms with E-state index in [1.54, 1.807) is 6.20 Å². The van der Waals surface area contributed by atoms with Gasteiger partial charge in [-0.3, -0.25) is 19.9 Å². The minimum absolute atomic E-state index is 0.0864. The number of hydrogen-bond donors (Lipinski definition) is 1. The Labute approximate surface area is 126 Å². The van der Waals surface area contributed by atoms with Gasteiger partial charge in [0.1, 0.15) is 5.82 Å². The Hall–Kier alpha value is -2.60. The lowest BCUT2D eigenvalue weighted by molar-refractivity contribution is -0.121. The third kappa shape index (κ3) is 2.87. The fourth-order valence-corrected chi connectivity index (χ4v) is 2.38. The monoisotopic (exact) mass is 299 g/mol. The molecule has 1 aliphatic heterocycles. The summed E-state index contributed by atoms with van der Waals surface area (Å²) in [7, 11) is 0. The van der Waals surface area contributed by atoms with Crippen LogP contribution in [0.1, 0.15) is 12.1 Å². The summed E-state index contributed by atoms with van der Waals surface area (Å²) in [6, 6.07) is 10.2. The normalized spacial score (nSPS) is 18.0. The Kier molecular flexibility index (Phi) is 3.93. The fourth-order valence-electron chi connectivity index (χ4n) is 2.38. The minimum Gasteiger partial charge on any atom is -0.300 e. The van der Waals surface area contributed by atoms with E-state index < -0.39 is 11.9 Å². The van der Waals surface area contributed by atoms with Gasteiger partial charge in [-0.2, -0.15) is 0 Å². The first-order valence-corrected chi connectivity index (χ1v) is 6.91. The third-order valence-electron chi connectivity index (χ3n) is 3.49. The molecular formula is C16H14FN3O2. The van der Waals surface area contributed by atoms with E-state index in [1.165, 1.54) is 24.3 Å². The number of imide groups is 1. The molecule has 1 aromatic carbocycles. The molecule has 1 aliphatic rings. The topological polar surface area (TPSA) is 62.3 Å². The molecule has 1 saturated heterocycles. The number of nitrogens with zero attached hydrogens (tertiary/aromatic N) is 2. The molecular weight excluding hydrogens is 285 g/mol. The van der Waals surface area contributed by atoms with Crippen LogP contribution in [0, 0.1) is 5.82 Å². The molecule has 0 unspecified atom stereocenters. The maximum absolute atomic E-state index is 12.9. The van der Waals surface area contributed by atoms with Gasteiger partial charge >= 0.3 is 0 Å². The van der Waals surface area contributed by atoms with Gasteiger partial charge in [-0.1, -0.05) is 6.07 Å². The molecule has 2 amide bonds. The lowest BCUT2D eigenvalue weighted by atomic mass is 10.2. The predicted octanol–water partition coefficient (Wildman–Crippen LogP) is 1.64. The molecule has 1 N–H and O–H groups in total. The Morgan fingerprint density at radius 2 is 1.95 bits per heavy atom. The van der Waals surface area contributed by atoms with Crippen LogP contribution in [0.4, 0.5) is 10.1 Å². The van der Waals surface area contributed by atoms with E-state index in [1.807, 2.05) is 18.2 Å². The van der Waals surface area contributed by atoms with Gasteiger partial charge in [0.15, 0.2) is 0 Å². The van der Waals surface area contributed by atoms with Crippen molar-refractivity contribution >= 4 is 17.5 Å². The molecule has 0 spiro atoms. The van der Waals surface area contributed by atoms with Crippen molar-refractivity contribution in [2.75, 3.05) is 4.90 Å². The summed E-state index contributed by atoms with van der Waals surface area (Å²) < 4.78 is 12.9. The first-order chi connectivity index (χ1) is 10.6. The number of hydrogen-bond acceptors (Lipinski definition) is 4. The number of carbonyl (C=O) groups is 2. The molecule has 6 heteroatoms. The van der Waals surface area contributed by atoms with Crippen LogP contribution in [0.3, 0.4) is 0 Å². The summed E-state index contributed by atoms with van der Waals surface area (Å²) in [6.45, 7) is 0.405.